The second kappa shape index (κ2) is 9.51. The van der Waals surface area contributed by atoms with E-state index in [0.717, 1.165) is 41.7 Å². The van der Waals surface area contributed by atoms with Crippen LogP contribution >= 0.6 is 0 Å². The predicted octanol–water partition coefficient (Wildman–Crippen LogP) is 3.74. The molecule has 5 rings (SSSR count). The Labute approximate surface area is 196 Å². The van der Waals surface area contributed by atoms with Gasteiger partial charge in [0.05, 0.1) is 24.9 Å². The number of carbonyl (C=O) groups is 1. The predicted molar refractivity (Wildman–Crippen MR) is 127 cm³/mol. The first-order chi connectivity index (χ1) is 16.6. The minimum atomic E-state index is -0.267. The van der Waals surface area contributed by atoms with Crippen molar-refractivity contribution in [2.75, 3.05) is 13.7 Å². The van der Waals surface area contributed by atoms with E-state index in [9.17, 15) is 9.59 Å². The van der Waals surface area contributed by atoms with Crippen molar-refractivity contribution in [3.63, 3.8) is 0 Å². The Bertz CT molecular complexity index is 1380. The fourth-order valence-corrected chi connectivity index (χ4v) is 4.49. The summed E-state index contributed by atoms with van der Waals surface area (Å²) in [5.74, 6) is 1.89. The number of hydrogen-bond acceptors (Lipinski definition) is 6. The van der Waals surface area contributed by atoms with Crippen LogP contribution in [-0.4, -0.2) is 39.2 Å². The Hall–Kier alpha value is -3.94. The van der Waals surface area contributed by atoms with Gasteiger partial charge >= 0.3 is 0 Å². The van der Waals surface area contributed by atoms with Crippen molar-refractivity contribution in [2.24, 2.45) is 0 Å². The first-order valence-electron chi connectivity index (χ1n) is 11.4. The molecule has 1 saturated heterocycles. The first kappa shape index (κ1) is 21.9. The molecule has 8 heteroatoms. The van der Waals surface area contributed by atoms with Crippen LogP contribution in [0.2, 0.25) is 0 Å². The number of nitrogens with zero attached hydrogens (tertiary/aromatic N) is 4. The number of aromatic nitrogens is 3. The molecule has 0 saturated carbocycles. The van der Waals surface area contributed by atoms with Crippen molar-refractivity contribution in [3.05, 3.63) is 88.5 Å². The van der Waals surface area contributed by atoms with Crippen LogP contribution in [-0.2, 0) is 17.8 Å². The molecule has 0 radical (unpaired) electrons. The van der Waals surface area contributed by atoms with E-state index in [1.54, 1.807) is 30.5 Å². The van der Waals surface area contributed by atoms with Crippen LogP contribution in [0.3, 0.4) is 0 Å². The maximum atomic E-state index is 13.3. The first-order valence-corrected chi connectivity index (χ1v) is 11.4. The molecule has 34 heavy (non-hydrogen) atoms. The summed E-state index contributed by atoms with van der Waals surface area (Å²) in [6, 6.07) is 14.8. The van der Waals surface area contributed by atoms with Crippen LogP contribution in [0.5, 0.6) is 5.75 Å². The van der Waals surface area contributed by atoms with Crippen molar-refractivity contribution in [2.45, 2.75) is 38.3 Å². The highest BCUT2D eigenvalue weighted by Crippen LogP contribution is 2.31. The summed E-state index contributed by atoms with van der Waals surface area (Å²) >= 11 is 0. The number of methoxy groups -OCH3 is 1. The molecule has 1 fully saturated rings. The molecule has 1 atom stereocenters. The molecule has 4 aromatic rings. The Kier molecular flexibility index (Phi) is 6.12. The van der Waals surface area contributed by atoms with Crippen molar-refractivity contribution >= 4 is 16.7 Å². The lowest BCUT2D eigenvalue weighted by Crippen LogP contribution is -2.42. The zero-order valence-corrected chi connectivity index (χ0v) is 19.0. The minimum Gasteiger partial charge on any atom is -0.497 e. The molecule has 3 heterocycles. The van der Waals surface area contributed by atoms with Gasteiger partial charge in [0.15, 0.2) is 0 Å². The Balaban J connectivity index is 1.34. The van der Waals surface area contributed by atoms with Crippen molar-refractivity contribution in [1.82, 2.24) is 19.7 Å². The van der Waals surface area contributed by atoms with Gasteiger partial charge in [-0.1, -0.05) is 30.3 Å². The number of ether oxygens (including phenoxy) is 1. The molecule has 0 aliphatic carbocycles. The average molecular weight is 459 g/mol. The van der Waals surface area contributed by atoms with Gasteiger partial charge in [0.25, 0.3) is 5.56 Å². The van der Waals surface area contributed by atoms with Gasteiger partial charge in [-0.15, -0.1) is 0 Å². The number of amides is 1. The molecule has 174 valence electrons. The normalized spacial score (nSPS) is 16.0. The lowest BCUT2D eigenvalue weighted by atomic mass is 10.0. The number of likely N-dealkylation sites (tertiary alicyclic amines) is 1. The third-order valence-electron chi connectivity index (χ3n) is 6.24. The van der Waals surface area contributed by atoms with E-state index < -0.39 is 0 Å². The van der Waals surface area contributed by atoms with E-state index >= 15 is 0 Å². The minimum absolute atomic E-state index is 0.114. The zero-order valence-electron chi connectivity index (χ0n) is 19.0. The monoisotopic (exact) mass is 458 g/mol. The van der Waals surface area contributed by atoms with Crippen LogP contribution < -0.4 is 10.3 Å². The van der Waals surface area contributed by atoms with Crippen LogP contribution in [0, 0.1) is 0 Å². The Morgan fingerprint density at radius 3 is 2.91 bits per heavy atom. The van der Waals surface area contributed by atoms with E-state index in [1.165, 1.54) is 4.68 Å². The molecule has 0 bridgehead atoms. The van der Waals surface area contributed by atoms with Gasteiger partial charge in [-0.25, -0.2) is 9.67 Å². The number of carbonyl (C=O) groups excluding carboxylic acids is 1. The van der Waals surface area contributed by atoms with Gasteiger partial charge in [-0.3, -0.25) is 9.59 Å². The third-order valence-corrected chi connectivity index (χ3v) is 6.24. The Morgan fingerprint density at radius 1 is 1.15 bits per heavy atom. The van der Waals surface area contributed by atoms with Crippen LogP contribution in [0.1, 0.15) is 42.5 Å². The summed E-state index contributed by atoms with van der Waals surface area (Å²) in [7, 11) is 1.64. The largest absolute Gasteiger partial charge is 0.497 e. The number of fused-ring (bicyclic) bond motifs is 1. The highest BCUT2D eigenvalue weighted by Gasteiger charge is 2.31. The summed E-state index contributed by atoms with van der Waals surface area (Å²) in [5.41, 5.74) is 0.789. The number of benzene rings is 2. The molecule has 0 N–H and O–H groups in total. The molecule has 1 amide bonds. The van der Waals surface area contributed by atoms with Gasteiger partial charge < -0.3 is 14.1 Å². The van der Waals surface area contributed by atoms with E-state index in [0.29, 0.717) is 24.2 Å². The number of rotatable bonds is 6. The quantitative estimate of drug-likeness (QED) is 0.437. The zero-order chi connectivity index (χ0) is 23.5. The molecule has 0 spiro atoms. The summed E-state index contributed by atoms with van der Waals surface area (Å²) in [6.07, 6.45) is 6.58. The second-order valence-electron chi connectivity index (χ2n) is 8.49. The van der Waals surface area contributed by atoms with E-state index in [4.69, 9.17) is 9.15 Å². The summed E-state index contributed by atoms with van der Waals surface area (Å²) in [5, 5.41) is 5.52. The van der Waals surface area contributed by atoms with Gasteiger partial charge in [-0.05, 0) is 43.0 Å². The van der Waals surface area contributed by atoms with E-state index in [2.05, 4.69) is 10.1 Å². The number of oxazole rings is 1. The second-order valence-corrected chi connectivity index (χ2v) is 8.49. The lowest BCUT2D eigenvalue weighted by molar-refractivity contribution is -0.136. The van der Waals surface area contributed by atoms with Crippen molar-refractivity contribution < 1.29 is 13.9 Å². The van der Waals surface area contributed by atoms with E-state index in [1.807, 2.05) is 42.5 Å². The third kappa shape index (κ3) is 4.44. The fourth-order valence-electron chi connectivity index (χ4n) is 4.49. The van der Waals surface area contributed by atoms with Gasteiger partial charge in [0.2, 0.25) is 11.8 Å². The van der Waals surface area contributed by atoms with Crippen molar-refractivity contribution in [3.8, 4) is 5.75 Å². The molecular weight excluding hydrogens is 432 g/mol. The lowest BCUT2D eigenvalue weighted by Gasteiger charge is -2.33. The highest BCUT2D eigenvalue weighted by atomic mass is 16.5. The highest BCUT2D eigenvalue weighted by molar-refractivity contribution is 5.81. The maximum absolute atomic E-state index is 13.3. The smallest absolute Gasteiger partial charge is 0.275 e. The molecule has 1 aliphatic rings. The Morgan fingerprint density at radius 2 is 2.03 bits per heavy atom. The molecule has 8 nitrogen and oxygen atoms in total. The van der Waals surface area contributed by atoms with Gasteiger partial charge in [0, 0.05) is 18.4 Å². The summed E-state index contributed by atoms with van der Waals surface area (Å²) in [4.78, 5) is 32.3. The van der Waals surface area contributed by atoms with Crippen LogP contribution in [0.15, 0.2) is 70.1 Å². The van der Waals surface area contributed by atoms with Gasteiger partial charge in [-0.2, -0.15) is 5.10 Å². The number of piperidine rings is 1. The fraction of sp³-hybridized carbons (Fsp3) is 0.308. The summed E-state index contributed by atoms with van der Waals surface area (Å²) in [6.45, 7) is 0.483. The molecule has 2 aromatic heterocycles. The van der Waals surface area contributed by atoms with Crippen LogP contribution in [0.4, 0.5) is 0 Å². The standard InChI is InChI=1S/C26H26N4O4/c1-33-20-9-6-7-18(13-20)14-21-16-27-25(34-21)23-11-4-5-12-29(23)24(31)17-30-26(32)22-10-3-2-8-19(22)15-28-30/h2-3,6-10,13,15-16,23H,4-5,11-12,14,17H2,1H3. The summed E-state index contributed by atoms with van der Waals surface area (Å²) < 4.78 is 12.6. The van der Waals surface area contributed by atoms with Gasteiger partial charge in [0.1, 0.15) is 24.1 Å². The average Bonchev–Trinajstić information content (AvgIpc) is 3.34. The molecule has 2 aromatic carbocycles. The topological polar surface area (TPSA) is 90.5 Å². The molecular formula is C26H26N4O4. The SMILES string of the molecule is COc1cccc(Cc2cnc(C3CCCCN3C(=O)Cn3ncc4ccccc4c3=O)o2)c1. The molecule has 1 unspecified atom stereocenters. The van der Waals surface area contributed by atoms with Crippen molar-refractivity contribution in [1.29, 1.82) is 0 Å². The maximum Gasteiger partial charge on any atom is 0.275 e. The van der Waals surface area contributed by atoms with Crippen LogP contribution in [0.25, 0.3) is 10.8 Å². The molecule has 1 aliphatic heterocycles. The number of hydrogen-bond donors (Lipinski definition) is 0. The van der Waals surface area contributed by atoms with E-state index in [-0.39, 0.29) is 24.1 Å².